The van der Waals surface area contributed by atoms with Crippen LogP contribution in [0.5, 0.6) is 11.5 Å². The van der Waals surface area contributed by atoms with E-state index in [0.29, 0.717) is 10.9 Å². The van der Waals surface area contributed by atoms with Crippen molar-refractivity contribution in [1.29, 1.82) is 0 Å². The van der Waals surface area contributed by atoms with Gasteiger partial charge in [-0.1, -0.05) is 6.07 Å². The third-order valence-corrected chi connectivity index (χ3v) is 3.32. The van der Waals surface area contributed by atoms with Crippen molar-refractivity contribution in [3.63, 3.8) is 0 Å². The molecule has 2 N–H and O–H groups in total. The second-order valence-electron chi connectivity index (χ2n) is 5.10. The lowest BCUT2D eigenvalue weighted by Gasteiger charge is -2.13. The van der Waals surface area contributed by atoms with Crippen LogP contribution in [0.1, 0.15) is 5.56 Å². The predicted octanol–water partition coefficient (Wildman–Crippen LogP) is 5.14. The summed E-state index contributed by atoms with van der Waals surface area (Å²) in [5.74, 6) is 0.168. The van der Waals surface area contributed by atoms with Gasteiger partial charge in [-0.3, -0.25) is 10.3 Å². The van der Waals surface area contributed by atoms with Gasteiger partial charge < -0.3 is 9.84 Å². The number of hydrogen-bond donors (Lipinski definition) is 2. The van der Waals surface area contributed by atoms with Crippen LogP contribution >= 0.6 is 0 Å². The maximum Gasteiger partial charge on any atom is 0.416 e. The second-order valence-corrected chi connectivity index (χ2v) is 5.10. The van der Waals surface area contributed by atoms with Crippen LogP contribution in [-0.4, -0.2) is 16.2 Å². The first-order chi connectivity index (χ1) is 11.8. The number of benzene rings is 2. The molecule has 5 nitrogen and oxygen atoms in total. The Bertz CT molecular complexity index is 942. The number of alkyl halides is 3. The standard InChI is InChI=1S/C17H11F3N2O3/c18-17(19,20)10-3-1-4-12(7-10)25-15-9-11(22-16(23)24)8-14-13(15)5-2-6-21-14/h1-9,22H,(H,23,24). The van der Waals surface area contributed by atoms with E-state index in [0.717, 1.165) is 12.1 Å². The van der Waals surface area contributed by atoms with Gasteiger partial charge in [0.15, 0.2) is 0 Å². The van der Waals surface area contributed by atoms with E-state index in [2.05, 4.69) is 10.3 Å². The summed E-state index contributed by atoms with van der Waals surface area (Å²) in [6.45, 7) is 0. The Labute approximate surface area is 139 Å². The number of fused-ring (bicyclic) bond motifs is 1. The molecule has 0 atom stereocenters. The minimum Gasteiger partial charge on any atom is -0.465 e. The van der Waals surface area contributed by atoms with Gasteiger partial charge in [0.25, 0.3) is 0 Å². The summed E-state index contributed by atoms with van der Waals surface area (Å²) in [4.78, 5) is 14.9. The Hall–Kier alpha value is -3.29. The SMILES string of the molecule is O=C(O)Nc1cc(Oc2cccc(C(F)(F)F)c2)c2cccnc2c1. The zero-order valence-corrected chi connectivity index (χ0v) is 12.5. The minimum absolute atomic E-state index is 0.0209. The van der Waals surface area contributed by atoms with Crippen molar-refractivity contribution in [2.24, 2.45) is 0 Å². The molecule has 3 rings (SSSR count). The van der Waals surface area contributed by atoms with E-state index in [1.807, 2.05) is 0 Å². The quantitative estimate of drug-likeness (QED) is 0.688. The lowest BCUT2D eigenvalue weighted by Crippen LogP contribution is -2.07. The first kappa shape index (κ1) is 16.6. The van der Waals surface area contributed by atoms with Crippen molar-refractivity contribution in [2.45, 2.75) is 6.18 Å². The zero-order valence-electron chi connectivity index (χ0n) is 12.5. The lowest BCUT2D eigenvalue weighted by molar-refractivity contribution is -0.137. The van der Waals surface area contributed by atoms with Crippen molar-refractivity contribution in [2.75, 3.05) is 5.32 Å². The third kappa shape index (κ3) is 3.79. The number of aromatic nitrogens is 1. The fourth-order valence-corrected chi connectivity index (χ4v) is 2.29. The van der Waals surface area contributed by atoms with Crippen molar-refractivity contribution in [3.05, 3.63) is 60.3 Å². The highest BCUT2D eigenvalue weighted by Crippen LogP contribution is 2.35. The Morgan fingerprint density at radius 3 is 2.64 bits per heavy atom. The summed E-state index contributed by atoms with van der Waals surface area (Å²) in [5.41, 5.74) is -0.205. The average Bonchev–Trinajstić information content (AvgIpc) is 2.54. The normalized spacial score (nSPS) is 11.3. The summed E-state index contributed by atoms with van der Waals surface area (Å²) in [5, 5.41) is 11.6. The van der Waals surface area contributed by atoms with Crippen molar-refractivity contribution < 1.29 is 27.8 Å². The molecule has 0 saturated carbocycles. The summed E-state index contributed by atoms with van der Waals surface area (Å²) >= 11 is 0. The maximum atomic E-state index is 12.8. The van der Waals surface area contributed by atoms with E-state index in [9.17, 15) is 18.0 Å². The van der Waals surface area contributed by atoms with Gasteiger partial charge in [-0.05, 0) is 36.4 Å². The molecule has 8 heteroatoms. The third-order valence-electron chi connectivity index (χ3n) is 3.32. The van der Waals surface area contributed by atoms with Gasteiger partial charge in [-0.15, -0.1) is 0 Å². The number of nitrogens with one attached hydrogen (secondary N) is 1. The van der Waals surface area contributed by atoms with Crippen LogP contribution in [0.4, 0.5) is 23.7 Å². The highest BCUT2D eigenvalue weighted by atomic mass is 19.4. The first-order valence-corrected chi connectivity index (χ1v) is 7.07. The molecule has 25 heavy (non-hydrogen) atoms. The summed E-state index contributed by atoms with van der Waals surface area (Å²) in [7, 11) is 0. The van der Waals surface area contributed by atoms with E-state index >= 15 is 0 Å². The molecular weight excluding hydrogens is 337 g/mol. The Kier molecular flexibility index (Phi) is 4.18. The van der Waals surface area contributed by atoms with Gasteiger partial charge in [-0.25, -0.2) is 4.79 Å². The molecule has 3 aromatic rings. The maximum absolute atomic E-state index is 12.8. The second kappa shape index (κ2) is 6.31. The molecule has 0 fully saturated rings. The number of carbonyl (C=O) groups is 1. The average molecular weight is 348 g/mol. The zero-order chi connectivity index (χ0) is 18.0. The topological polar surface area (TPSA) is 71.5 Å². The number of carboxylic acid groups (broad SMARTS) is 1. The van der Waals surface area contributed by atoms with Crippen LogP contribution in [0.25, 0.3) is 10.9 Å². The number of hydrogen-bond acceptors (Lipinski definition) is 3. The molecule has 0 spiro atoms. The van der Waals surface area contributed by atoms with Crippen LogP contribution in [0.2, 0.25) is 0 Å². The molecule has 1 amide bonds. The predicted molar refractivity (Wildman–Crippen MR) is 84.9 cm³/mol. The summed E-state index contributed by atoms with van der Waals surface area (Å²) in [6.07, 6.45) is -4.25. The van der Waals surface area contributed by atoms with Crippen LogP contribution in [-0.2, 0) is 6.18 Å². The van der Waals surface area contributed by atoms with Gasteiger partial charge in [0.2, 0.25) is 0 Å². The van der Waals surface area contributed by atoms with Crippen LogP contribution in [0.15, 0.2) is 54.7 Å². The van der Waals surface area contributed by atoms with E-state index in [-0.39, 0.29) is 17.2 Å². The van der Waals surface area contributed by atoms with Crippen molar-refractivity contribution >= 4 is 22.7 Å². The van der Waals surface area contributed by atoms with Crippen LogP contribution in [0.3, 0.4) is 0 Å². The number of amides is 1. The number of halogens is 3. The molecule has 1 aromatic heterocycles. The largest absolute Gasteiger partial charge is 0.465 e. The highest BCUT2D eigenvalue weighted by Gasteiger charge is 2.30. The fourth-order valence-electron chi connectivity index (χ4n) is 2.29. The molecule has 128 valence electrons. The van der Waals surface area contributed by atoms with Gasteiger partial charge in [-0.2, -0.15) is 13.2 Å². The molecule has 0 aliphatic carbocycles. The molecule has 0 aliphatic rings. The number of rotatable bonds is 3. The molecule has 0 bridgehead atoms. The van der Waals surface area contributed by atoms with Gasteiger partial charge in [0.1, 0.15) is 11.5 Å². The van der Waals surface area contributed by atoms with Gasteiger partial charge in [0.05, 0.1) is 11.1 Å². The van der Waals surface area contributed by atoms with E-state index in [1.165, 1.54) is 30.5 Å². The molecular formula is C17H11F3N2O3. The Morgan fingerprint density at radius 2 is 1.92 bits per heavy atom. The smallest absolute Gasteiger partial charge is 0.416 e. The molecule has 2 aromatic carbocycles. The van der Waals surface area contributed by atoms with Crippen molar-refractivity contribution in [1.82, 2.24) is 4.98 Å². The molecule has 0 saturated heterocycles. The molecule has 0 aliphatic heterocycles. The van der Waals surface area contributed by atoms with E-state index < -0.39 is 17.8 Å². The Balaban J connectivity index is 2.04. The highest BCUT2D eigenvalue weighted by molar-refractivity contribution is 5.92. The molecule has 1 heterocycles. The minimum atomic E-state index is -4.49. The number of ether oxygens (including phenoxy) is 1. The Morgan fingerprint density at radius 1 is 1.12 bits per heavy atom. The fraction of sp³-hybridized carbons (Fsp3) is 0.0588. The number of anilines is 1. The van der Waals surface area contributed by atoms with Crippen LogP contribution in [0, 0.1) is 0 Å². The van der Waals surface area contributed by atoms with E-state index in [1.54, 1.807) is 12.1 Å². The van der Waals surface area contributed by atoms with E-state index in [4.69, 9.17) is 9.84 Å². The number of nitrogens with zero attached hydrogens (tertiary/aromatic N) is 1. The first-order valence-electron chi connectivity index (χ1n) is 7.07. The van der Waals surface area contributed by atoms with Crippen molar-refractivity contribution in [3.8, 4) is 11.5 Å². The lowest BCUT2D eigenvalue weighted by atomic mass is 10.1. The molecule has 0 radical (unpaired) electrons. The summed E-state index contributed by atoms with van der Waals surface area (Å²) in [6, 6.07) is 10.6. The van der Waals surface area contributed by atoms with Gasteiger partial charge >= 0.3 is 12.3 Å². The molecule has 0 unspecified atom stereocenters. The van der Waals surface area contributed by atoms with Gasteiger partial charge in [0, 0.05) is 23.3 Å². The van der Waals surface area contributed by atoms with Crippen LogP contribution < -0.4 is 10.1 Å². The number of pyridine rings is 1. The summed E-state index contributed by atoms with van der Waals surface area (Å²) < 4.78 is 44.1. The monoisotopic (exact) mass is 348 g/mol.